The van der Waals surface area contributed by atoms with Crippen molar-refractivity contribution < 1.29 is 4.42 Å². The Bertz CT molecular complexity index is 1510. The minimum Gasteiger partial charge on any atom is -0.452 e. The fourth-order valence-electron chi connectivity index (χ4n) is 4.79. The zero-order valence-corrected chi connectivity index (χ0v) is 20.7. The Balaban J connectivity index is 1.75. The Morgan fingerprint density at radius 2 is 1.58 bits per heavy atom. The maximum atomic E-state index is 6.43. The number of hydrogen-bond donors (Lipinski definition) is 0. The van der Waals surface area contributed by atoms with E-state index in [2.05, 4.69) is 102 Å². The van der Waals surface area contributed by atoms with Gasteiger partial charge in [0.15, 0.2) is 5.58 Å². The van der Waals surface area contributed by atoms with Gasteiger partial charge in [0.25, 0.3) is 0 Å². The van der Waals surface area contributed by atoms with Gasteiger partial charge in [-0.05, 0) is 70.3 Å². The highest BCUT2D eigenvalue weighted by atomic mass is 16.3. The van der Waals surface area contributed by atoms with Crippen molar-refractivity contribution in [3.05, 3.63) is 71.5 Å². The van der Waals surface area contributed by atoms with Crippen molar-refractivity contribution >= 4 is 32.8 Å². The predicted octanol–water partition coefficient (Wildman–Crippen LogP) is 8.39. The first-order valence-corrected chi connectivity index (χ1v) is 11.7. The monoisotopic (exact) mass is 436 g/mol. The van der Waals surface area contributed by atoms with Gasteiger partial charge in [0.2, 0.25) is 0 Å². The van der Waals surface area contributed by atoms with E-state index in [-0.39, 0.29) is 10.8 Å². The van der Waals surface area contributed by atoms with Gasteiger partial charge in [-0.15, -0.1) is 0 Å². The molecule has 0 radical (unpaired) electrons. The van der Waals surface area contributed by atoms with Gasteiger partial charge in [-0.1, -0.05) is 71.4 Å². The molecular formula is C30H32N2O. The molecule has 0 bridgehead atoms. The summed E-state index contributed by atoms with van der Waals surface area (Å²) in [5, 5.41) is 3.56. The highest BCUT2D eigenvalue weighted by Gasteiger charge is 2.21. The first kappa shape index (κ1) is 21.6. The SMILES string of the molecule is Cc1ccc2c(C(C)(C)C)cc(-c3ncnc4c3oc3cc(CC(C)(C)C)ccc34)cc2c1. The van der Waals surface area contributed by atoms with Crippen molar-refractivity contribution in [2.45, 2.75) is 60.3 Å². The molecule has 0 saturated heterocycles. The van der Waals surface area contributed by atoms with Gasteiger partial charge in [0, 0.05) is 10.9 Å². The molecule has 5 rings (SSSR count). The molecule has 0 aliphatic rings. The smallest absolute Gasteiger partial charge is 0.180 e. The largest absolute Gasteiger partial charge is 0.452 e. The molecule has 3 aromatic carbocycles. The lowest BCUT2D eigenvalue weighted by Gasteiger charge is -2.23. The molecule has 0 fully saturated rings. The molecule has 3 heteroatoms. The van der Waals surface area contributed by atoms with Crippen LogP contribution in [0.5, 0.6) is 0 Å². The minimum atomic E-state index is 0.00536. The molecule has 0 amide bonds. The first-order chi connectivity index (χ1) is 15.5. The maximum Gasteiger partial charge on any atom is 0.180 e. The highest BCUT2D eigenvalue weighted by Crippen LogP contribution is 2.38. The van der Waals surface area contributed by atoms with Crippen LogP contribution in [0.2, 0.25) is 0 Å². The molecule has 0 aliphatic heterocycles. The van der Waals surface area contributed by atoms with E-state index in [0.717, 1.165) is 39.7 Å². The number of aromatic nitrogens is 2. The molecule has 0 saturated carbocycles. The third kappa shape index (κ3) is 4.01. The van der Waals surface area contributed by atoms with Crippen LogP contribution in [0.3, 0.4) is 0 Å². The van der Waals surface area contributed by atoms with Gasteiger partial charge in [-0.25, -0.2) is 9.97 Å². The van der Waals surface area contributed by atoms with Crippen LogP contribution < -0.4 is 0 Å². The van der Waals surface area contributed by atoms with Crippen LogP contribution in [0.1, 0.15) is 58.2 Å². The number of rotatable bonds is 2. The Labute approximate surface area is 195 Å². The second kappa shape index (κ2) is 7.41. The van der Waals surface area contributed by atoms with Crippen LogP contribution in [0.4, 0.5) is 0 Å². The number of nitrogens with zero attached hydrogens (tertiary/aromatic N) is 2. The second-order valence-corrected chi connectivity index (χ2v) is 11.6. The summed E-state index contributed by atoms with van der Waals surface area (Å²) in [7, 11) is 0. The summed E-state index contributed by atoms with van der Waals surface area (Å²) in [6.45, 7) is 15.7. The summed E-state index contributed by atoms with van der Waals surface area (Å²) < 4.78 is 6.43. The Kier molecular flexibility index (Phi) is 4.86. The van der Waals surface area contributed by atoms with Crippen LogP contribution in [0.25, 0.3) is 44.1 Å². The van der Waals surface area contributed by atoms with E-state index < -0.39 is 0 Å². The van der Waals surface area contributed by atoms with Gasteiger partial charge in [0.1, 0.15) is 23.1 Å². The van der Waals surface area contributed by atoms with E-state index in [9.17, 15) is 0 Å². The third-order valence-corrected chi connectivity index (χ3v) is 6.24. The van der Waals surface area contributed by atoms with Crippen LogP contribution >= 0.6 is 0 Å². The van der Waals surface area contributed by atoms with Gasteiger partial charge in [-0.3, -0.25) is 0 Å². The highest BCUT2D eigenvalue weighted by molar-refractivity contribution is 6.07. The number of aryl methyl sites for hydroxylation is 1. The van der Waals surface area contributed by atoms with Gasteiger partial charge >= 0.3 is 0 Å². The van der Waals surface area contributed by atoms with Crippen molar-refractivity contribution in [2.24, 2.45) is 5.41 Å². The van der Waals surface area contributed by atoms with E-state index in [4.69, 9.17) is 9.40 Å². The van der Waals surface area contributed by atoms with E-state index in [1.807, 2.05) is 0 Å². The molecule has 2 aromatic heterocycles. The van der Waals surface area contributed by atoms with Crippen molar-refractivity contribution in [3.8, 4) is 11.3 Å². The zero-order chi connectivity index (χ0) is 23.5. The van der Waals surface area contributed by atoms with Gasteiger partial charge in [-0.2, -0.15) is 0 Å². The number of hydrogen-bond acceptors (Lipinski definition) is 3. The lowest BCUT2D eigenvalue weighted by molar-refractivity contribution is 0.411. The normalized spacial score (nSPS) is 12.8. The standard InChI is InChI=1S/C30H32N2O/c1-18-8-10-22-20(12-18)14-21(15-24(22)30(5,6)7)26-28-27(32-17-31-26)23-11-9-19(13-25(23)33-28)16-29(2,3)4/h8-15,17H,16H2,1-7H3. The molecule has 0 aliphatic carbocycles. The molecule has 0 N–H and O–H groups in total. The third-order valence-electron chi connectivity index (χ3n) is 6.24. The van der Waals surface area contributed by atoms with Crippen molar-refractivity contribution in [1.29, 1.82) is 0 Å². The molecule has 0 spiro atoms. The minimum absolute atomic E-state index is 0.00536. The molecule has 168 valence electrons. The van der Waals surface area contributed by atoms with E-state index in [0.29, 0.717) is 0 Å². The average molecular weight is 437 g/mol. The Morgan fingerprint density at radius 3 is 2.30 bits per heavy atom. The lowest BCUT2D eigenvalue weighted by Crippen LogP contribution is -2.12. The summed E-state index contributed by atoms with van der Waals surface area (Å²) in [6.07, 6.45) is 2.66. The van der Waals surface area contributed by atoms with Crippen LogP contribution in [0, 0.1) is 12.3 Å². The van der Waals surface area contributed by atoms with E-state index in [1.54, 1.807) is 6.33 Å². The fourth-order valence-corrected chi connectivity index (χ4v) is 4.79. The number of benzene rings is 3. The van der Waals surface area contributed by atoms with E-state index >= 15 is 0 Å². The van der Waals surface area contributed by atoms with E-state index in [1.165, 1.54) is 27.5 Å². The molecule has 0 atom stereocenters. The topological polar surface area (TPSA) is 38.9 Å². The molecule has 5 aromatic rings. The average Bonchev–Trinajstić information content (AvgIpc) is 3.08. The van der Waals surface area contributed by atoms with Crippen LogP contribution in [-0.2, 0) is 11.8 Å². The number of furan rings is 1. The molecule has 3 nitrogen and oxygen atoms in total. The van der Waals surface area contributed by atoms with Crippen molar-refractivity contribution in [1.82, 2.24) is 9.97 Å². The van der Waals surface area contributed by atoms with Crippen molar-refractivity contribution in [2.75, 3.05) is 0 Å². The Hall–Kier alpha value is -3.20. The maximum absolute atomic E-state index is 6.43. The van der Waals surface area contributed by atoms with Crippen LogP contribution in [-0.4, -0.2) is 9.97 Å². The molecular weight excluding hydrogens is 404 g/mol. The summed E-state index contributed by atoms with van der Waals surface area (Å²) in [5.41, 5.74) is 8.49. The number of fused-ring (bicyclic) bond motifs is 4. The second-order valence-electron chi connectivity index (χ2n) is 11.6. The Morgan fingerprint density at radius 1 is 0.818 bits per heavy atom. The first-order valence-electron chi connectivity index (χ1n) is 11.7. The van der Waals surface area contributed by atoms with Gasteiger partial charge < -0.3 is 4.42 Å². The summed E-state index contributed by atoms with van der Waals surface area (Å²) in [6, 6.07) is 17.7. The van der Waals surface area contributed by atoms with Gasteiger partial charge in [0.05, 0.1) is 0 Å². The molecule has 2 heterocycles. The van der Waals surface area contributed by atoms with Crippen LogP contribution in [0.15, 0.2) is 59.3 Å². The lowest BCUT2D eigenvalue weighted by atomic mass is 9.82. The quantitative estimate of drug-likeness (QED) is 0.279. The van der Waals surface area contributed by atoms with Crippen molar-refractivity contribution in [3.63, 3.8) is 0 Å². The summed E-state index contributed by atoms with van der Waals surface area (Å²) in [5.74, 6) is 0. The summed E-state index contributed by atoms with van der Waals surface area (Å²) in [4.78, 5) is 9.30. The fraction of sp³-hybridized carbons (Fsp3) is 0.333. The summed E-state index contributed by atoms with van der Waals surface area (Å²) >= 11 is 0. The predicted molar refractivity (Wildman–Crippen MR) is 139 cm³/mol. The molecule has 0 unspecified atom stereocenters. The zero-order valence-electron chi connectivity index (χ0n) is 20.7. The molecule has 33 heavy (non-hydrogen) atoms.